The summed E-state index contributed by atoms with van der Waals surface area (Å²) < 4.78 is 13.9. The Kier molecular flexibility index (Phi) is 6.66. The summed E-state index contributed by atoms with van der Waals surface area (Å²) in [6, 6.07) is 24.4. The van der Waals surface area contributed by atoms with Crippen molar-refractivity contribution in [2.45, 2.75) is 35.1 Å². The van der Waals surface area contributed by atoms with E-state index in [9.17, 15) is 28.7 Å². The number of phenols is 1. The number of rotatable bonds is 4. The van der Waals surface area contributed by atoms with E-state index in [1.54, 1.807) is 30.3 Å². The van der Waals surface area contributed by atoms with Gasteiger partial charge in [-0.15, -0.1) is 23.2 Å². The Bertz CT molecular complexity index is 2050. The first-order valence-corrected chi connectivity index (χ1v) is 16.1. The molecule has 4 aromatic carbocycles. The second-order valence-electron chi connectivity index (χ2n) is 12.7. The minimum absolute atomic E-state index is 0.0186. The smallest absolute Gasteiger partial charge is 0.258 e. The molecule has 4 aromatic rings. The number of benzene rings is 4. The minimum Gasteiger partial charge on any atom is -0.507 e. The van der Waals surface area contributed by atoms with Crippen LogP contribution in [0.25, 0.3) is 10.8 Å². The summed E-state index contributed by atoms with van der Waals surface area (Å²) in [7, 11) is 0. The van der Waals surface area contributed by atoms with Crippen LogP contribution in [0.1, 0.15) is 29.9 Å². The third kappa shape index (κ3) is 4.04. The summed E-state index contributed by atoms with van der Waals surface area (Å²) in [4.78, 5) is 55.1. The summed E-state index contributed by atoms with van der Waals surface area (Å²) in [5.74, 6) is -5.93. The van der Waals surface area contributed by atoms with Crippen LogP contribution in [0.15, 0.2) is 103 Å². The molecule has 3 fully saturated rings. The third-order valence-corrected chi connectivity index (χ3v) is 11.8. The maximum Gasteiger partial charge on any atom is 0.258 e. The molecule has 1 saturated carbocycles. The third-order valence-electron chi connectivity index (χ3n) is 10.4. The van der Waals surface area contributed by atoms with Crippen LogP contribution in [0, 0.1) is 23.6 Å². The summed E-state index contributed by atoms with van der Waals surface area (Å²) >= 11 is 15.0. The van der Waals surface area contributed by atoms with Crippen molar-refractivity contribution in [2.24, 2.45) is 17.8 Å². The van der Waals surface area contributed by atoms with Crippen molar-refractivity contribution in [3.8, 4) is 5.75 Å². The highest BCUT2D eigenvalue weighted by molar-refractivity contribution is 6.58. The number of hydrogen-bond acceptors (Lipinski definition) is 5. The first-order valence-electron chi connectivity index (χ1n) is 15.4. The van der Waals surface area contributed by atoms with Crippen molar-refractivity contribution in [3.05, 3.63) is 120 Å². The van der Waals surface area contributed by atoms with E-state index in [-0.39, 0.29) is 42.6 Å². The average molecular weight is 670 g/mol. The number of carbonyl (C=O) groups excluding carboxylic acids is 4. The molecule has 8 rings (SSSR count). The number of phenolic OH excluding ortho intramolecular Hbond substituents is 1. The highest BCUT2D eigenvalue weighted by Gasteiger charge is 2.76. The first kappa shape index (κ1) is 29.8. The molecule has 2 aliphatic heterocycles. The van der Waals surface area contributed by atoms with E-state index in [4.69, 9.17) is 23.2 Å². The van der Waals surface area contributed by atoms with Crippen LogP contribution in [0.5, 0.6) is 5.75 Å². The van der Waals surface area contributed by atoms with Crippen molar-refractivity contribution < 1.29 is 28.7 Å². The molecular weight excluding hydrogens is 642 g/mol. The van der Waals surface area contributed by atoms with Crippen LogP contribution in [-0.4, -0.2) is 43.4 Å². The van der Waals surface area contributed by atoms with E-state index in [0.717, 1.165) is 22.6 Å². The van der Waals surface area contributed by atoms with Crippen molar-refractivity contribution in [1.29, 1.82) is 0 Å². The molecule has 0 spiro atoms. The van der Waals surface area contributed by atoms with E-state index >= 15 is 0 Å². The van der Waals surface area contributed by atoms with E-state index in [1.807, 2.05) is 36.4 Å². The van der Waals surface area contributed by atoms with Crippen molar-refractivity contribution in [3.63, 3.8) is 0 Å². The quantitative estimate of drug-likeness (QED) is 0.153. The lowest BCUT2D eigenvalue weighted by Gasteiger charge is -2.51. The van der Waals surface area contributed by atoms with Gasteiger partial charge in [-0.2, -0.15) is 0 Å². The fourth-order valence-corrected chi connectivity index (χ4v) is 9.22. The molecule has 47 heavy (non-hydrogen) atoms. The average Bonchev–Trinajstić information content (AvgIpc) is 3.40. The Hall–Kier alpha value is -4.53. The molecule has 0 aromatic heterocycles. The number of carbonyl (C=O) groups is 4. The molecule has 2 heterocycles. The van der Waals surface area contributed by atoms with Gasteiger partial charge in [0.05, 0.1) is 24.1 Å². The molecule has 0 bridgehead atoms. The monoisotopic (exact) mass is 668 g/mol. The standard InChI is InChI=1S/C37H27Cl2FN2O5/c38-36-18-28-26(14-15-27-30(28)33(45)41(32(27)44)19-20-6-2-1-3-7-20)31(25-16-17-29(43)24-9-5-4-8-23(24)25)37(36,39)35(47)42(34(36)46)22-12-10-21(40)11-13-22/h1-14,16-17,27-28,30-31,43H,15,18-19H2. The van der Waals surface area contributed by atoms with Crippen molar-refractivity contribution in [2.75, 3.05) is 4.90 Å². The zero-order valence-electron chi connectivity index (χ0n) is 24.8. The highest BCUT2D eigenvalue weighted by atomic mass is 35.5. The predicted molar refractivity (Wildman–Crippen MR) is 174 cm³/mol. The fourth-order valence-electron chi connectivity index (χ4n) is 8.29. The van der Waals surface area contributed by atoms with Gasteiger partial charge >= 0.3 is 0 Å². The van der Waals surface area contributed by atoms with Gasteiger partial charge in [-0.05, 0) is 65.6 Å². The van der Waals surface area contributed by atoms with Crippen LogP contribution in [0.4, 0.5) is 10.1 Å². The molecule has 6 atom stereocenters. The Balaban J connectivity index is 1.31. The number of likely N-dealkylation sites (tertiary alicyclic amines) is 1. The molecule has 1 N–H and O–H groups in total. The van der Waals surface area contributed by atoms with Crippen LogP contribution in [0.2, 0.25) is 0 Å². The SMILES string of the molecule is O=C1C2CC=C3C(CC4(Cl)C(=O)N(c5ccc(F)cc5)C(=O)C4(Cl)C3c3ccc(O)c4ccccc34)C2C(=O)N1Cc1ccccc1. The molecule has 2 saturated heterocycles. The number of amides is 4. The van der Waals surface area contributed by atoms with Gasteiger partial charge in [-0.1, -0.05) is 72.3 Å². The molecule has 10 heteroatoms. The zero-order chi connectivity index (χ0) is 32.8. The largest absolute Gasteiger partial charge is 0.507 e. The van der Waals surface area contributed by atoms with E-state index < -0.39 is 51.1 Å². The summed E-state index contributed by atoms with van der Waals surface area (Å²) in [6.45, 7) is 0.112. The molecule has 2 aliphatic carbocycles. The highest BCUT2D eigenvalue weighted by Crippen LogP contribution is 2.66. The topological polar surface area (TPSA) is 95.0 Å². The van der Waals surface area contributed by atoms with Gasteiger partial charge in [0.15, 0.2) is 9.75 Å². The normalized spacial score (nSPS) is 30.0. The maximum absolute atomic E-state index is 14.6. The van der Waals surface area contributed by atoms with Crippen molar-refractivity contribution >= 4 is 63.3 Å². The van der Waals surface area contributed by atoms with Gasteiger partial charge in [0.2, 0.25) is 11.8 Å². The zero-order valence-corrected chi connectivity index (χ0v) is 26.3. The Morgan fingerprint density at radius 2 is 1.47 bits per heavy atom. The number of hydrogen-bond donors (Lipinski definition) is 1. The number of halogens is 3. The van der Waals surface area contributed by atoms with Gasteiger partial charge in [-0.3, -0.25) is 24.1 Å². The lowest BCUT2D eigenvalue weighted by molar-refractivity contribution is -0.141. The van der Waals surface area contributed by atoms with Crippen LogP contribution < -0.4 is 4.90 Å². The minimum atomic E-state index is -2.07. The van der Waals surface area contributed by atoms with Crippen molar-refractivity contribution in [1.82, 2.24) is 4.90 Å². The Morgan fingerprint density at radius 1 is 0.787 bits per heavy atom. The fraction of sp³-hybridized carbons (Fsp3) is 0.243. The van der Waals surface area contributed by atoms with E-state index in [0.29, 0.717) is 21.9 Å². The molecule has 6 unspecified atom stereocenters. The van der Waals surface area contributed by atoms with Crippen LogP contribution in [-0.2, 0) is 25.7 Å². The number of aromatic hydroxyl groups is 1. The second kappa shape index (κ2) is 10.5. The van der Waals surface area contributed by atoms with Gasteiger partial charge in [0.1, 0.15) is 11.6 Å². The van der Waals surface area contributed by atoms with Crippen LogP contribution in [0.3, 0.4) is 0 Å². The molecule has 7 nitrogen and oxygen atoms in total. The number of fused-ring (bicyclic) bond motifs is 5. The molecule has 4 amide bonds. The van der Waals surface area contributed by atoms with Gasteiger partial charge in [-0.25, -0.2) is 9.29 Å². The Morgan fingerprint density at radius 3 is 2.19 bits per heavy atom. The Labute approximate surface area is 279 Å². The first-order chi connectivity index (χ1) is 22.6. The number of alkyl halides is 2. The maximum atomic E-state index is 14.6. The second-order valence-corrected chi connectivity index (χ2v) is 14.0. The summed E-state index contributed by atoms with van der Waals surface area (Å²) in [5.41, 5.74) is 2.12. The number of nitrogens with zero attached hydrogens (tertiary/aromatic N) is 2. The molecule has 4 aliphatic rings. The summed E-state index contributed by atoms with van der Waals surface area (Å²) in [6.07, 6.45) is 1.96. The molecule has 0 radical (unpaired) electrons. The number of allylic oxidation sites excluding steroid dienone is 2. The lowest BCUT2D eigenvalue weighted by atomic mass is 9.56. The number of imide groups is 2. The van der Waals surface area contributed by atoms with Crippen LogP contribution >= 0.6 is 23.2 Å². The van der Waals surface area contributed by atoms with Gasteiger partial charge in [0, 0.05) is 11.3 Å². The lowest BCUT2D eigenvalue weighted by Crippen LogP contribution is -2.60. The van der Waals surface area contributed by atoms with Gasteiger partial charge < -0.3 is 5.11 Å². The number of anilines is 1. The van der Waals surface area contributed by atoms with Gasteiger partial charge in [0.25, 0.3) is 11.8 Å². The summed E-state index contributed by atoms with van der Waals surface area (Å²) in [5, 5.41) is 11.9. The molecular formula is C37H27Cl2FN2O5. The van der Waals surface area contributed by atoms with E-state index in [1.165, 1.54) is 23.1 Å². The van der Waals surface area contributed by atoms with E-state index in [2.05, 4.69) is 0 Å². The predicted octanol–water partition coefficient (Wildman–Crippen LogP) is 6.45. The molecule has 236 valence electrons.